The summed E-state index contributed by atoms with van der Waals surface area (Å²) in [4.78, 5) is 11.5. The topological polar surface area (TPSA) is 69.7 Å². The summed E-state index contributed by atoms with van der Waals surface area (Å²) < 4.78 is 32.1. The summed E-state index contributed by atoms with van der Waals surface area (Å²) in [5.74, 6) is -0.661. The first-order chi connectivity index (χ1) is 10.0. The monoisotopic (exact) mass is 338 g/mol. The van der Waals surface area contributed by atoms with Crippen molar-refractivity contribution in [1.29, 1.82) is 0 Å². The summed E-state index contributed by atoms with van der Waals surface area (Å²) in [7, 11) is -4.33. The molecular weight excluding hydrogens is 315 g/mol. The number of hydrogen-bond acceptors (Lipinski definition) is 5. The zero-order valence-electron chi connectivity index (χ0n) is 14.3. The number of rotatable bonds is 10. The van der Waals surface area contributed by atoms with Crippen molar-refractivity contribution >= 4 is 16.4 Å². The van der Waals surface area contributed by atoms with E-state index in [1.54, 1.807) is 18.2 Å². The molecular formula is C15H23NaO5S. The first kappa shape index (κ1) is 21.4. The Labute approximate surface area is 156 Å². The Morgan fingerprint density at radius 2 is 1.64 bits per heavy atom. The summed E-state index contributed by atoms with van der Waals surface area (Å²) in [6.07, 6.45) is 6.15. The van der Waals surface area contributed by atoms with E-state index < -0.39 is 16.4 Å². The maximum absolute atomic E-state index is 11.5. The molecule has 0 aromatic heterocycles. The molecule has 0 bridgehead atoms. The van der Waals surface area contributed by atoms with Gasteiger partial charge >= 0.3 is 45.9 Å². The van der Waals surface area contributed by atoms with Gasteiger partial charge in [-0.1, -0.05) is 57.2 Å². The molecule has 0 heterocycles. The number of para-hydroxylation sites is 1. The molecule has 0 unspecified atom stereocenters. The van der Waals surface area contributed by atoms with Crippen LogP contribution in [0.2, 0.25) is 0 Å². The molecule has 7 heteroatoms. The van der Waals surface area contributed by atoms with Crippen molar-refractivity contribution in [3.05, 3.63) is 30.3 Å². The minimum atomic E-state index is -4.33. The maximum Gasteiger partial charge on any atom is 1.00 e. The normalized spacial score (nSPS) is 10.6. The molecule has 0 aliphatic carbocycles. The maximum atomic E-state index is 11.5. The molecule has 0 aliphatic heterocycles. The molecule has 0 radical (unpaired) electrons. The Morgan fingerprint density at radius 3 is 2.27 bits per heavy atom. The van der Waals surface area contributed by atoms with Gasteiger partial charge in [-0.2, -0.15) is 0 Å². The largest absolute Gasteiger partial charge is 1.00 e. The van der Waals surface area contributed by atoms with Gasteiger partial charge in [0.05, 0.1) is 0 Å². The molecule has 1 rings (SSSR count). The van der Waals surface area contributed by atoms with Gasteiger partial charge in [-0.05, 0) is 18.6 Å². The molecule has 0 fully saturated rings. The third kappa shape index (κ3) is 10.2. The van der Waals surface area contributed by atoms with Gasteiger partial charge in [0.15, 0.2) is 0 Å². The molecule has 0 spiro atoms. The van der Waals surface area contributed by atoms with E-state index >= 15 is 0 Å². The molecule has 0 aliphatic rings. The molecule has 0 saturated heterocycles. The summed E-state index contributed by atoms with van der Waals surface area (Å²) in [5, 5.41) is 0. The van der Waals surface area contributed by atoms with Crippen molar-refractivity contribution in [3.63, 3.8) is 0 Å². The number of hydrogen-bond donors (Lipinski definition) is 0. The van der Waals surface area contributed by atoms with Gasteiger partial charge < -0.3 is 9.79 Å². The zero-order valence-corrected chi connectivity index (χ0v) is 16.1. The Hall–Kier alpha value is -0.560. The van der Waals surface area contributed by atoms with Crippen molar-refractivity contribution < 1.29 is 52.6 Å². The fourth-order valence-corrected chi connectivity index (χ4v) is 2.51. The Bertz CT molecular complexity index is 522. The summed E-state index contributed by atoms with van der Waals surface area (Å²) in [6.45, 7) is 2.13. The molecule has 1 aromatic rings. The van der Waals surface area contributed by atoms with Crippen LogP contribution in [0.25, 0.3) is 0 Å². The van der Waals surface area contributed by atoms with Gasteiger partial charge in [0.2, 0.25) is 0 Å². The van der Waals surface area contributed by atoms with Crippen LogP contribution in [0.1, 0.15) is 53.3 Å². The second-order valence-electron chi connectivity index (χ2n) is 4.78. The summed E-state index contributed by atoms with van der Waals surface area (Å²) in [6, 6.07) is 7.92. The average Bonchev–Trinajstić information content (AvgIpc) is 2.42. The number of carbonyl (C=O) groups excluding carboxylic acids is 1. The van der Waals surface area contributed by atoms with Crippen LogP contribution in [-0.2, 0) is 19.4 Å². The standard InChI is InChI=1S/C15H22O5S.Na.H/c1-2-3-4-5-6-10-13-15(16)20-21(17,18)19-14-11-8-7-9-12-14;;/h7-9,11-12H,2-6,10,13H2,1H3;;/q;+1;-1. The predicted octanol–water partition coefficient (Wildman–Crippen LogP) is 0.721. The van der Waals surface area contributed by atoms with Crippen LogP contribution in [0.4, 0.5) is 0 Å². The third-order valence-electron chi connectivity index (χ3n) is 2.87. The van der Waals surface area contributed by atoms with Crippen molar-refractivity contribution in [2.75, 3.05) is 0 Å². The fourth-order valence-electron chi connectivity index (χ4n) is 1.82. The molecule has 1 aromatic carbocycles. The summed E-state index contributed by atoms with van der Waals surface area (Å²) in [5.41, 5.74) is 0. The Balaban J connectivity index is 0. The second kappa shape index (κ2) is 11.9. The molecule has 0 N–H and O–H groups in total. The number of carbonyl (C=O) groups is 1. The minimum Gasteiger partial charge on any atom is -1.00 e. The fraction of sp³-hybridized carbons (Fsp3) is 0.533. The van der Waals surface area contributed by atoms with Crippen molar-refractivity contribution in [1.82, 2.24) is 0 Å². The quantitative estimate of drug-likeness (QED) is 0.464. The van der Waals surface area contributed by atoms with Gasteiger partial charge in [0, 0.05) is 6.42 Å². The molecule has 5 nitrogen and oxygen atoms in total. The van der Waals surface area contributed by atoms with E-state index in [2.05, 4.69) is 15.3 Å². The van der Waals surface area contributed by atoms with Crippen molar-refractivity contribution in [2.24, 2.45) is 0 Å². The zero-order chi connectivity index (χ0) is 15.6. The van der Waals surface area contributed by atoms with Crippen LogP contribution in [0.5, 0.6) is 5.75 Å². The average molecular weight is 338 g/mol. The SMILES string of the molecule is CCCCCCCCC(=O)OS(=O)(=O)Oc1ccccc1.[H-].[Na+]. The number of benzene rings is 1. The van der Waals surface area contributed by atoms with Crippen LogP contribution in [0.15, 0.2) is 30.3 Å². The third-order valence-corrected chi connectivity index (χ3v) is 3.66. The van der Waals surface area contributed by atoms with Gasteiger partial charge in [-0.15, -0.1) is 8.42 Å². The van der Waals surface area contributed by atoms with Gasteiger partial charge in [-0.25, -0.2) is 0 Å². The minimum absolute atomic E-state index is 0. The van der Waals surface area contributed by atoms with Crippen LogP contribution in [0, 0.1) is 0 Å². The van der Waals surface area contributed by atoms with Gasteiger partial charge in [0.25, 0.3) is 0 Å². The molecule has 22 heavy (non-hydrogen) atoms. The van der Waals surface area contributed by atoms with E-state index in [-0.39, 0.29) is 43.2 Å². The van der Waals surface area contributed by atoms with E-state index in [1.165, 1.54) is 18.6 Å². The molecule has 0 amide bonds. The van der Waals surface area contributed by atoms with Crippen LogP contribution < -0.4 is 33.7 Å². The summed E-state index contributed by atoms with van der Waals surface area (Å²) >= 11 is 0. The Kier molecular flexibility index (Phi) is 11.6. The van der Waals surface area contributed by atoms with Crippen LogP contribution in [-0.4, -0.2) is 14.4 Å². The first-order valence-corrected chi connectivity index (χ1v) is 8.58. The number of unbranched alkanes of at least 4 members (excludes halogenated alkanes) is 5. The molecule has 0 saturated carbocycles. The van der Waals surface area contributed by atoms with Crippen molar-refractivity contribution in [3.8, 4) is 5.75 Å². The molecule has 0 atom stereocenters. The van der Waals surface area contributed by atoms with E-state index in [4.69, 9.17) is 0 Å². The van der Waals surface area contributed by atoms with Gasteiger partial charge in [0.1, 0.15) is 5.75 Å². The van der Waals surface area contributed by atoms with Crippen LogP contribution in [0.3, 0.4) is 0 Å². The van der Waals surface area contributed by atoms with E-state index in [0.29, 0.717) is 6.42 Å². The van der Waals surface area contributed by atoms with Crippen LogP contribution >= 0.6 is 0 Å². The first-order valence-electron chi connectivity index (χ1n) is 7.25. The van der Waals surface area contributed by atoms with E-state index in [0.717, 1.165) is 25.7 Å². The predicted molar refractivity (Wildman–Crippen MR) is 81.2 cm³/mol. The van der Waals surface area contributed by atoms with E-state index in [1.807, 2.05) is 0 Å². The smallest absolute Gasteiger partial charge is 1.00 e. The van der Waals surface area contributed by atoms with E-state index in [9.17, 15) is 13.2 Å². The molecule has 120 valence electrons. The Morgan fingerprint density at radius 1 is 1.05 bits per heavy atom. The van der Waals surface area contributed by atoms with Crippen molar-refractivity contribution in [2.45, 2.75) is 51.9 Å². The van der Waals surface area contributed by atoms with Gasteiger partial charge in [-0.3, -0.25) is 4.79 Å². The second-order valence-corrected chi connectivity index (χ2v) is 5.93.